The molecule has 2 N–H and O–H groups in total. The van der Waals surface area contributed by atoms with Gasteiger partial charge in [0, 0.05) is 17.1 Å². The number of hydrogen-bond acceptors (Lipinski definition) is 2. The average Bonchev–Trinajstić information content (AvgIpc) is 2.46. The van der Waals surface area contributed by atoms with Crippen molar-refractivity contribution in [3.8, 4) is 0 Å². The van der Waals surface area contributed by atoms with Crippen molar-refractivity contribution in [1.82, 2.24) is 5.32 Å². The van der Waals surface area contributed by atoms with E-state index in [1.165, 1.54) is 32.1 Å². The second-order valence-corrected chi connectivity index (χ2v) is 6.40. The summed E-state index contributed by atoms with van der Waals surface area (Å²) >= 11 is 11.0. The lowest BCUT2D eigenvalue weighted by Gasteiger charge is -2.21. The van der Waals surface area contributed by atoms with Crippen LogP contribution < -0.4 is 10.6 Å². The molecule has 5 heteroatoms. The van der Waals surface area contributed by atoms with Gasteiger partial charge in [0.25, 0.3) is 0 Å². The maximum atomic E-state index is 11.9. The molecule has 0 unspecified atom stereocenters. The highest BCUT2D eigenvalue weighted by molar-refractivity contribution is 7.80. The van der Waals surface area contributed by atoms with E-state index in [1.807, 2.05) is 12.1 Å². The van der Waals surface area contributed by atoms with Gasteiger partial charge in [0.1, 0.15) is 0 Å². The van der Waals surface area contributed by atoms with E-state index < -0.39 is 0 Å². The van der Waals surface area contributed by atoms with Gasteiger partial charge in [-0.05, 0) is 42.8 Å². The van der Waals surface area contributed by atoms with Crippen LogP contribution >= 0.6 is 23.8 Å². The largest absolute Gasteiger partial charge is 0.332 e. The number of amides is 1. The van der Waals surface area contributed by atoms with Crippen LogP contribution in [0.4, 0.5) is 5.69 Å². The first-order chi connectivity index (χ1) is 10.1. The van der Waals surface area contributed by atoms with Crippen molar-refractivity contribution < 1.29 is 4.79 Å². The molecule has 1 aliphatic carbocycles. The Bertz CT molecular complexity index is 501. The van der Waals surface area contributed by atoms with Crippen LogP contribution in [0.3, 0.4) is 0 Å². The fourth-order valence-electron chi connectivity index (χ4n) is 2.73. The summed E-state index contributed by atoms with van der Waals surface area (Å²) in [5.41, 5.74) is 0.778. The molecule has 0 atom stereocenters. The number of hydrogen-bond donors (Lipinski definition) is 2. The van der Waals surface area contributed by atoms with E-state index in [2.05, 4.69) is 10.6 Å². The number of nitrogens with one attached hydrogen (secondary N) is 2. The van der Waals surface area contributed by atoms with Crippen LogP contribution in [0.5, 0.6) is 0 Å². The van der Waals surface area contributed by atoms with Gasteiger partial charge in [0.2, 0.25) is 5.91 Å². The van der Waals surface area contributed by atoms with E-state index in [-0.39, 0.29) is 5.91 Å². The van der Waals surface area contributed by atoms with Gasteiger partial charge in [-0.2, -0.15) is 0 Å². The normalized spacial score (nSPS) is 15.5. The van der Waals surface area contributed by atoms with E-state index in [4.69, 9.17) is 23.8 Å². The summed E-state index contributed by atoms with van der Waals surface area (Å²) < 4.78 is 0. The predicted octanol–water partition coefficient (Wildman–Crippen LogP) is 4.51. The molecule has 21 heavy (non-hydrogen) atoms. The molecule has 0 aliphatic heterocycles. The molecule has 0 saturated heterocycles. The summed E-state index contributed by atoms with van der Waals surface area (Å²) in [4.78, 5) is 11.9. The van der Waals surface area contributed by atoms with Crippen LogP contribution in [-0.4, -0.2) is 11.0 Å². The molecule has 1 fully saturated rings. The van der Waals surface area contributed by atoms with Crippen LogP contribution in [0.25, 0.3) is 0 Å². The predicted molar refractivity (Wildman–Crippen MR) is 91.6 cm³/mol. The standard InChI is InChI=1S/C16H21ClN2OS/c17-13-7-4-8-14(11-13)18-16(21)19-15(20)10-9-12-5-2-1-3-6-12/h4,7-8,11-12H,1-3,5-6,9-10H2,(H2,18,19,20,21). The van der Waals surface area contributed by atoms with Gasteiger partial charge >= 0.3 is 0 Å². The maximum Gasteiger partial charge on any atom is 0.226 e. The van der Waals surface area contributed by atoms with E-state index >= 15 is 0 Å². The Morgan fingerprint density at radius 2 is 2.05 bits per heavy atom. The Labute approximate surface area is 136 Å². The second kappa shape index (κ2) is 8.35. The number of carbonyl (C=O) groups excluding carboxylic acids is 1. The Balaban J connectivity index is 1.70. The van der Waals surface area contributed by atoms with Gasteiger partial charge in [-0.3, -0.25) is 4.79 Å². The summed E-state index contributed by atoms with van der Waals surface area (Å²) in [5, 5.41) is 6.65. The van der Waals surface area contributed by atoms with Crippen LogP contribution in [0.15, 0.2) is 24.3 Å². The highest BCUT2D eigenvalue weighted by atomic mass is 35.5. The smallest absolute Gasteiger partial charge is 0.226 e. The van der Waals surface area contributed by atoms with Crippen molar-refractivity contribution in [2.75, 3.05) is 5.32 Å². The molecule has 3 nitrogen and oxygen atoms in total. The van der Waals surface area contributed by atoms with Gasteiger partial charge in [-0.15, -0.1) is 0 Å². The molecule has 0 aromatic heterocycles. The minimum absolute atomic E-state index is 0.0138. The van der Waals surface area contributed by atoms with Crippen LogP contribution in [-0.2, 0) is 4.79 Å². The Morgan fingerprint density at radius 3 is 2.76 bits per heavy atom. The third kappa shape index (κ3) is 6.02. The zero-order valence-electron chi connectivity index (χ0n) is 12.0. The van der Waals surface area contributed by atoms with Gasteiger partial charge in [-0.25, -0.2) is 0 Å². The number of halogens is 1. The molecule has 114 valence electrons. The highest BCUT2D eigenvalue weighted by Crippen LogP contribution is 2.27. The topological polar surface area (TPSA) is 41.1 Å². The molecule has 0 heterocycles. The molecule has 0 radical (unpaired) electrons. The zero-order valence-corrected chi connectivity index (χ0v) is 13.6. The van der Waals surface area contributed by atoms with E-state index in [1.54, 1.807) is 12.1 Å². The number of anilines is 1. The summed E-state index contributed by atoms with van der Waals surface area (Å²) in [6.45, 7) is 0. The zero-order chi connectivity index (χ0) is 15.1. The van der Waals surface area contributed by atoms with Crippen LogP contribution in [0.2, 0.25) is 5.02 Å². The quantitative estimate of drug-likeness (QED) is 0.800. The SMILES string of the molecule is O=C(CCC1CCCCC1)NC(=S)Nc1cccc(Cl)c1. The van der Waals surface area contributed by atoms with Crippen molar-refractivity contribution in [2.24, 2.45) is 5.92 Å². The van der Waals surface area contributed by atoms with Crippen molar-refractivity contribution in [1.29, 1.82) is 0 Å². The molecule has 2 rings (SSSR count). The van der Waals surface area contributed by atoms with Gasteiger partial charge < -0.3 is 10.6 Å². The molecule has 0 spiro atoms. The first kappa shape index (κ1) is 16.2. The Hall–Kier alpha value is -1.13. The molecule has 0 bridgehead atoms. The fraction of sp³-hybridized carbons (Fsp3) is 0.500. The molecule has 1 saturated carbocycles. The summed E-state index contributed by atoms with van der Waals surface area (Å²) in [7, 11) is 0. The van der Waals surface area contributed by atoms with Gasteiger partial charge in [0.05, 0.1) is 0 Å². The number of benzene rings is 1. The molecular formula is C16H21ClN2OS. The summed E-state index contributed by atoms with van der Waals surface area (Å²) in [6, 6.07) is 7.24. The van der Waals surface area contributed by atoms with Gasteiger partial charge in [0.15, 0.2) is 5.11 Å². The fourth-order valence-corrected chi connectivity index (χ4v) is 3.15. The molecule has 1 aromatic carbocycles. The van der Waals surface area contributed by atoms with Crippen LogP contribution in [0, 0.1) is 5.92 Å². The highest BCUT2D eigenvalue weighted by Gasteiger charge is 2.15. The van der Waals surface area contributed by atoms with Crippen LogP contribution in [0.1, 0.15) is 44.9 Å². The van der Waals surface area contributed by atoms with E-state index in [0.29, 0.717) is 22.5 Å². The number of rotatable bonds is 4. The third-order valence-corrected chi connectivity index (χ3v) is 4.28. The van der Waals surface area contributed by atoms with E-state index in [9.17, 15) is 4.79 Å². The third-order valence-electron chi connectivity index (χ3n) is 3.84. The lowest BCUT2D eigenvalue weighted by molar-refractivity contribution is -0.120. The lowest BCUT2D eigenvalue weighted by Crippen LogP contribution is -2.34. The Morgan fingerprint density at radius 1 is 1.29 bits per heavy atom. The number of thiocarbonyl (C=S) groups is 1. The molecule has 1 aliphatic rings. The molecular weight excluding hydrogens is 304 g/mol. The number of carbonyl (C=O) groups is 1. The van der Waals surface area contributed by atoms with Crippen molar-refractivity contribution in [3.05, 3.63) is 29.3 Å². The van der Waals surface area contributed by atoms with Crippen molar-refractivity contribution in [3.63, 3.8) is 0 Å². The summed E-state index contributed by atoms with van der Waals surface area (Å²) in [5.74, 6) is 0.694. The Kier molecular flexibility index (Phi) is 6.46. The van der Waals surface area contributed by atoms with Crippen molar-refractivity contribution in [2.45, 2.75) is 44.9 Å². The minimum Gasteiger partial charge on any atom is -0.332 e. The second-order valence-electron chi connectivity index (χ2n) is 5.56. The molecule has 1 amide bonds. The molecule has 1 aromatic rings. The monoisotopic (exact) mass is 324 g/mol. The van der Waals surface area contributed by atoms with Crippen molar-refractivity contribution >= 4 is 40.5 Å². The lowest BCUT2D eigenvalue weighted by atomic mass is 9.86. The first-order valence-electron chi connectivity index (χ1n) is 7.50. The first-order valence-corrected chi connectivity index (χ1v) is 8.28. The van der Waals surface area contributed by atoms with Gasteiger partial charge in [-0.1, -0.05) is 49.8 Å². The average molecular weight is 325 g/mol. The minimum atomic E-state index is -0.0138. The summed E-state index contributed by atoms with van der Waals surface area (Å²) in [6.07, 6.45) is 7.99. The maximum absolute atomic E-state index is 11.9. The van der Waals surface area contributed by atoms with E-state index in [0.717, 1.165) is 12.1 Å².